The predicted molar refractivity (Wildman–Crippen MR) is 184 cm³/mol. The van der Waals surface area contributed by atoms with Crippen LogP contribution in [0.15, 0.2) is 0 Å². The van der Waals surface area contributed by atoms with Crippen LogP contribution in [0.5, 0.6) is 0 Å². The van der Waals surface area contributed by atoms with Crippen molar-refractivity contribution < 1.29 is 35.7 Å². The van der Waals surface area contributed by atoms with E-state index in [1.54, 1.807) is 0 Å². The molecule has 0 heterocycles. The van der Waals surface area contributed by atoms with Gasteiger partial charge in [-0.1, -0.05) is 183 Å². The van der Waals surface area contributed by atoms with Gasteiger partial charge >= 0.3 is 24.3 Å². The first-order chi connectivity index (χ1) is 19.7. The first kappa shape index (κ1) is 49.5. The molecule has 0 rings (SSSR count). The van der Waals surface area contributed by atoms with Gasteiger partial charge in [0.15, 0.2) is 0 Å². The SMILES string of the molecule is CCCCCC[C-](CCCCC)CCCCCC.CCCCCC[C-](CCCCC)CCCCCC.O=P(O)(O)O.[Ni+2]. The molecule has 0 saturated heterocycles. The molecule has 6 heteroatoms. The van der Waals surface area contributed by atoms with E-state index in [0.29, 0.717) is 0 Å². The topological polar surface area (TPSA) is 77.8 Å². The van der Waals surface area contributed by atoms with Crippen molar-refractivity contribution in [2.45, 2.75) is 221 Å². The molecule has 42 heavy (non-hydrogen) atoms. The smallest absolute Gasteiger partial charge is 0.314 e. The van der Waals surface area contributed by atoms with E-state index in [1.807, 2.05) is 11.8 Å². The van der Waals surface area contributed by atoms with Gasteiger partial charge in [-0.3, -0.25) is 0 Å². The fourth-order valence-electron chi connectivity index (χ4n) is 5.21. The molecule has 0 atom stereocenters. The maximum absolute atomic E-state index is 8.88. The molecule has 0 unspecified atom stereocenters. The monoisotopic (exact) mass is 662 g/mol. The van der Waals surface area contributed by atoms with Gasteiger partial charge in [0.2, 0.25) is 0 Å². The van der Waals surface area contributed by atoms with E-state index in [1.165, 1.54) is 180 Å². The number of hydrogen-bond donors (Lipinski definition) is 3. The quantitative estimate of drug-likeness (QED) is 0.0337. The fraction of sp³-hybridized carbons (Fsp3) is 0.944. The molecular formula is C36H77NiO4P. The fourth-order valence-corrected chi connectivity index (χ4v) is 5.21. The zero-order valence-corrected chi connectivity index (χ0v) is 31.2. The van der Waals surface area contributed by atoms with Crippen molar-refractivity contribution in [3.8, 4) is 0 Å². The van der Waals surface area contributed by atoms with Crippen LogP contribution in [0.1, 0.15) is 221 Å². The van der Waals surface area contributed by atoms with Gasteiger partial charge in [0.05, 0.1) is 0 Å². The van der Waals surface area contributed by atoms with Gasteiger partial charge in [0.1, 0.15) is 0 Å². The first-order valence-corrected chi connectivity index (χ1v) is 19.7. The van der Waals surface area contributed by atoms with Crippen LogP contribution in [0.3, 0.4) is 0 Å². The van der Waals surface area contributed by atoms with Crippen molar-refractivity contribution in [1.82, 2.24) is 0 Å². The second-order valence-electron chi connectivity index (χ2n) is 12.2. The van der Waals surface area contributed by atoms with Crippen molar-refractivity contribution >= 4 is 7.82 Å². The molecule has 0 radical (unpaired) electrons. The van der Waals surface area contributed by atoms with E-state index in [2.05, 4.69) is 41.5 Å². The Morgan fingerprint density at radius 1 is 0.357 bits per heavy atom. The van der Waals surface area contributed by atoms with Crippen molar-refractivity contribution in [3.63, 3.8) is 0 Å². The third-order valence-electron chi connectivity index (χ3n) is 7.80. The summed E-state index contributed by atoms with van der Waals surface area (Å²) in [6.45, 7) is 13.8. The summed E-state index contributed by atoms with van der Waals surface area (Å²) in [6.07, 6.45) is 39.7. The maximum Gasteiger partial charge on any atom is 2.00 e. The molecule has 0 aromatic heterocycles. The van der Waals surface area contributed by atoms with Crippen molar-refractivity contribution in [2.24, 2.45) is 0 Å². The average molecular weight is 664 g/mol. The summed E-state index contributed by atoms with van der Waals surface area (Å²) in [5.41, 5.74) is 0. The van der Waals surface area contributed by atoms with Gasteiger partial charge in [0, 0.05) is 0 Å². The molecule has 3 N–H and O–H groups in total. The first-order valence-electron chi connectivity index (χ1n) is 18.1. The molecule has 0 bridgehead atoms. The largest absolute Gasteiger partial charge is 2.00 e. The number of phosphoric acid groups is 1. The Bertz CT molecular complexity index is 435. The molecule has 0 fully saturated rings. The standard InChI is InChI=1S/2C18H37.Ni.H3O4P/c2*1-4-7-10-13-16-18(15-12-9-6-3)17-14-11-8-5-2;;1-5(2,3)4/h2*4-17H2,1-3H3;;(H3,1,2,3,4)/q2*-1;+2;. The van der Waals surface area contributed by atoms with Gasteiger partial charge in [-0.2, -0.15) is 38.5 Å². The van der Waals surface area contributed by atoms with Gasteiger partial charge < -0.3 is 26.5 Å². The second kappa shape index (κ2) is 41.6. The third-order valence-corrected chi connectivity index (χ3v) is 7.80. The molecule has 0 spiro atoms. The summed E-state index contributed by atoms with van der Waals surface area (Å²) in [5, 5.41) is 0. The van der Waals surface area contributed by atoms with Crippen molar-refractivity contribution in [1.29, 1.82) is 0 Å². The molecule has 260 valence electrons. The molecular weight excluding hydrogens is 586 g/mol. The normalized spacial score (nSPS) is 11.1. The zero-order valence-electron chi connectivity index (χ0n) is 29.3. The van der Waals surface area contributed by atoms with Crippen molar-refractivity contribution in [2.75, 3.05) is 0 Å². The van der Waals surface area contributed by atoms with Gasteiger partial charge in [0.25, 0.3) is 0 Å². The van der Waals surface area contributed by atoms with Crippen LogP contribution in [0.25, 0.3) is 0 Å². The Labute approximate surface area is 276 Å². The Morgan fingerprint density at radius 3 is 0.667 bits per heavy atom. The molecule has 0 saturated carbocycles. The van der Waals surface area contributed by atoms with Crippen LogP contribution < -0.4 is 0 Å². The van der Waals surface area contributed by atoms with E-state index < -0.39 is 7.82 Å². The van der Waals surface area contributed by atoms with Crippen LogP contribution >= 0.6 is 7.82 Å². The van der Waals surface area contributed by atoms with Crippen LogP contribution in [-0.4, -0.2) is 14.7 Å². The van der Waals surface area contributed by atoms with E-state index >= 15 is 0 Å². The zero-order chi connectivity index (χ0) is 31.5. The molecule has 0 aliphatic heterocycles. The Kier molecular flexibility index (Phi) is 49.0. The predicted octanol–water partition coefficient (Wildman–Crippen LogP) is 13.2. The number of unbranched alkanes of at least 4 members (excludes halogenated alkanes) is 16. The molecule has 0 amide bonds. The molecule has 4 nitrogen and oxygen atoms in total. The Morgan fingerprint density at radius 2 is 0.500 bits per heavy atom. The van der Waals surface area contributed by atoms with E-state index in [4.69, 9.17) is 19.2 Å². The summed E-state index contributed by atoms with van der Waals surface area (Å²) >= 11 is 0. The molecule has 0 aliphatic carbocycles. The van der Waals surface area contributed by atoms with Gasteiger partial charge in [-0.25, -0.2) is 4.57 Å². The minimum atomic E-state index is -4.64. The Hall–Kier alpha value is 0.604. The molecule has 0 aromatic carbocycles. The summed E-state index contributed by atoms with van der Waals surface area (Å²) in [5.74, 6) is 3.77. The van der Waals surface area contributed by atoms with Crippen LogP contribution in [0.4, 0.5) is 0 Å². The summed E-state index contributed by atoms with van der Waals surface area (Å²) < 4.78 is 8.88. The van der Waals surface area contributed by atoms with Crippen LogP contribution in [-0.2, 0) is 21.1 Å². The molecule has 0 aromatic rings. The summed E-state index contributed by atoms with van der Waals surface area (Å²) in [7, 11) is -4.64. The van der Waals surface area contributed by atoms with E-state index in [9.17, 15) is 0 Å². The van der Waals surface area contributed by atoms with Gasteiger partial charge in [-0.15, -0.1) is 0 Å². The number of hydrogen-bond acceptors (Lipinski definition) is 1. The van der Waals surface area contributed by atoms with E-state index in [-0.39, 0.29) is 16.5 Å². The second-order valence-corrected chi connectivity index (χ2v) is 13.2. The average Bonchev–Trinajstić information content (AvgIpc) is 2.92. The minimum absolute atomic E-state index is 0. The number of rotatable bonds is 28. The third kappa shape index (κ3) is 53.2. The van der Waals surface area contributed by atoms with Gasteiger partial charge in [-0.05, 0) is 0 Å². The minimum Gasteiger partial charge on any atom is -0.314 e. The Balaban J connectivity index is -0.000000290. The summed E-state index contributed by atoms with van der Waals surface area (Å²) in [4.78, 5) is 21.6. The van der Waals surface area contributed by atoms with Crippen LogP contribution in [0.2, 0.25) is 0 Å². The van der Waals surface area contributed by atoms with Crippen molar-refractivity contribution in [3.05, 3.63) is 11.8 Å². The summed E-state index contributed by atoms with van der Waals surface area (Å²) in [6, 6.07) is 0. The molecule has 0 aliphatic rings. The van der Waals surface area contributed by atoms with E-state index in [0.717, 1.165) is 0 Å². The maximum atomic E-state index is 8.88. The van der Waals surface area contributed by atoms with Crippen LogP contribution in [0, 0.1) is 11.8 Å².